The topological polar surface area (TPSA) is 64.9 Å². The fraction of sp³-hybridized carbons (Fsp3) is 0.263. The first-order valence-electron chi connectivity index (χ1n) is 8.08. The van der Waals surface area contributed by atoms with Gasteiger partial charge < -0.3 is 14.8 Å². The molecule has 0 saturated heterocycles. The summed E-state index contributed by atoms with van der Waals surface area (Å²) in [4.78, 5) is 17.4. The minimum Gasteiger partial charge on any atom is -0.493 e. The van der Waals surface area contributed by atoms with Gasteiger partial charge in [-0.25, -0.2) is 4.98 Å². The molecule has 1 N–H and O–H groups in total. The second-order valence-electron chi connectivity index (χ2n) is 5.72. The lowest BCUT2D eigenvalue weighted by atomic mass is 10.2. The van der Waals surface area contributed by atoms with E-state index in [-0.39, 0.29) is 5.91 Å². The Bertz CT molecular complexity index is 931. The predicted octanol–water partition coefficient (Wildman–Crippen LogP) is 3.47. The van der Waals surface area contributed by atoms with Gasteiger partial charge in [-0.05, 0) is 43.2 Å². The summed E-state index contributed by atoms with van der Waals surface area (Å²) < 4.78 is 12.3. The Kier molecular flexibility index (Phi) is 4.61. The molecule has 0 spiro atoms. The van der Waals surface area contributed by atoms with E-state index in [0.717, 1.165) is 16.9 Å². The molecule has 3 aromatic rings. The Morgan fingerprint density at radius 3 is 2.60 bits per heavy atom. The first-order valence-corrected chi connectivity index (χ1v) is 8.08. The van der Waals surface area contributed by atoms with Crippen LogP contribution in [0.5, 0.6) is 11.5 Å². The van der Waals surface area contributed by atoms with E-state index in [4.69, 9.17) is 9.47 Å². The number of fused-ring (bicyclic) bond motifs is 1. The number of pyridine rings is 1. The molecule has 130 valence electrons. The van der Waals surface area contributed by atoms with Gasteiger partial charge in [0, 0.05) is 18.0 Å². The molecular formula is C19H21N3O3. The summed E-state index contributed by atoms with van der Waals surface area (Å²) in [5.41, 5.74) is 3.82. The van der Waals surface area contributed by atoms with Crippen molar-refractivity contribution in [2.75, 3.05) is 19.5 Å². The number of carbonyl (C=O) groups is 1. The van der Waals surface area contributed by atoms with Crippen molar-refractivity contribution in [2.24, 2.45) is 0 Å². The number of imidazole rings is 1. The molecule has 0 bridgehead atoms. The second kappa shape index (κ2) is 6.84. The van der Waals surface area contributed by atoms with Gasteiger partial charge >= 0.3 is 0 Å². The molecule has 25 heavy (non-hydrogen) atoms. The van der Waals surface area contributed by atoms with Crippen LogP contribution in [0.1, 0.15) is 28.7 Å². The van der Waals surface area contributed by atoms with Crippen molar-refractivity contribution in [3.8, 4) is 11.5 Å². The van der Waals surface area contributed by atoms with E-state index in [1.807, 2.05) is 36.6 Å². The lowest BCUT2D eigenvalue weighted by molar-refractivity contribution is 0.102. The zero-order chi connectivity index (χ0) is 18.0. The molecule has 0 aliphatic heterocycles. The van der Waals surface area contributed by atoms with E-state index in [0.29, 0.717) is 29.3 Å². The molecule has 1 amide bonds. The molecule has 0 saturated carbocycles. The number of nitrogens with zero attached hydrogens (tertiary/aromatic N) is 2. The van der Waals surface area contributed by atoms with E-state index in [9.17, 15) is 4.79 Å². The highest BCUT2D eigenvalue weighted by Crippen LogP contribution is 2.30. The smallest absolute Gasteiger partial charge is 0.274 e. The van der Waals surface area contributed by atoms with Crippen molar-refractivity contribution in [1.82, 2.24) is 9.38 Å². The number of anilines is 1. The summed E-state index contributed by atoms with van der Waals surface area (Å²) in [7, 11) is 3.13. The van der Waals surface area contributed by atoms with E-state index in [1.54, 1.807) is 32.4 Å². The summed E-state index contributed by atoms with van der Waals surface area (Å²) in [5.74, 6) is 0.963. The number of hydrogen-bond acceptors (Lipinski definition) is 4. The number of benzene rings is 1. The number of amides is 1. The van der Waals surface area contributed by atoms with Gasteiger partial charge in [-0.3, -0.25) is 9.20 Å². The van der Waals surface area contributed by atoms with Crippen molar-refractivity contribution in [1.29, 1.82) is 0 Å². The van der Waals surface area contributed by atoms with Gasteiger partial charge in [0.25, 0.3) is 5.91 Å². The van der Waals surface area contributed by atoms with Crippen molar-refractivity contribution >= 4 is 17.2 Å². The number of ether oxygens (including phenoxy) is 2. The van der Waals surface area contributed by atoms with E-state index < -0.39 is 0 Å². The van der Waals surface area contributed by atoms with E-state index >= 15 is 0 Å². The third-order valence-electron chi connectivity index (χ3n) is 4.05. The Morgan fingerprint density at radius 1 is 1.16 bits per heavy atom. The van der Waals surface area contributed by atoms with Crippen molar-refractivity contribution in [2.45, 2.75) is 20.3 Å². The zero-order valence-electron chi connectivity index (χ0n) is 14.8. The Morgan fingerprint density at radius 2 is 1.92 bits per heavy atom. The van der Waals surface area contributed by atoms with Crippen LogP contribution in [0.25, 0.3) is 5.65 Å². The maximum atomic E-state index is 12.9. The summed E-state index contributed by atoms with van der Waals surface area (Å²) in [6, 6.07) is 9.19. The number of nitrogens with one attached hydrogen (secondary N) is 1. The molecule has 2 heterocycles. The van der Waals surface area contributed by atoms with Crippen LogP contribution in [-0.2, 0) is 6.42 Å². The van der Waals surface area contributed by atoms with Gasteiger partial charge in [0.2, 0.25) is 0 Å². The highest BCUT2D eigenvalue weighted by atomic mass is 16.5. The molecule has 0 atom stereocenters. The molecule has 0 radical (unpaired) electrons. The van der Waals surface area contributed by atoms with Gasteiger partial charge in [0.1, 0.15) is 11.3 Å². The Hall–Kier alpha value is -3.02. The maximum absolute atomic E-state index is 12.9. The van der Waals surface area contributed by atoms with E-state index in [2.05, 4.69) is 10.3 Å². The van der Waals surface area contributed by atoms with Crippen LogP contribution in [0.4, 0.5) is 5.69 Å². The largest absolute Gasteiger partial charge is 0.493 e. The minimum atomic E-state index is -0.208. The number of aromatic nitrogens is 2. The minimum absolute atomic E-state index is 0.208. The standard InChI is InChI=1S/C19H21N3O3/c1-5-14-18(22-9-8-12(2)10-17(22)21-14)19(23)20-13-6-7-15(24-3)16(11-13)25-4/h6-11H,5H2,1-4H3,(H,20,23). The third-order valence-corrected chi connectivity index (χ3v) is 4.05. The second-order valence-corrected chi connectivity index (χ2v) is 5.72. The molecule has 3 rings (SSSR count). The van der Waals surface area contributed by atoms with Crippen LogP contribution < -0.4 is 14.8 Å². The first-order chi connectivity index (χ1) is 12.1. The molecule has 0 aliphatic rings. The Labute approximate surface area is 146 Å². The summed E-state index contributed by atoms with van der Waals surface area (Å²) >= 11 is 0. The number of methoxy groups -OCH3 is 2. The fourth-order valence-corrected chi connectivity index (χ4v) is 2.79. The molecule has 0 aliphatic carbocycles. The van der Waals surface area contributed by atoms with Crippen LogP contribution in [0.15, 0.2) is 36.5 Å². The number of hydrogen-bond donors (Lipinski definition) is 1. The van der Waals surface area contributed by atoms with E-state index in [1.165, 1.54) is 0 Å². The van der Waals surface area contributed by atoms with Gasteiger partial charge in [0.15, 0.2) is 11.5 Å². The van der Waals surface area contributed by atoms with Gasteiger partial charge in [-0.15, -0.1) is 0 Å². The maximum Gasteiger partial charge on any atom is 0.274 e. The summed E-state index contributed by atoms with van der Waals surface area (Å²) in [6.07, 6.45) is 2.55. The van der Waals surface area contributed by atoms with Crippen LogP contribution in [-0.4, -0.2) is 29.5 Å². The monoisotopic (exact) mass is 339 g/mol. The summed E-state index contributed by atoms with van der Waals surface area (Å²) in [6.45, 7) is 3.99. The first kappa shape index (κ1) is 16.8. The van der Waals surface area contributed by atoms with Crippen LogP contribution in [0.3, 0.4) is 0 Å². The lowest BCUT2D eigenvalue weighted by Crippen LogP contribution is -2.16. The normalized spacial score (nSPS) is 10.7. The molecular weight excluding hydrogens is 318 g/mol. The number of carbonyl (C=O) groups excluding carboxylic acids is 1. The lowest BCUT2D eigenvalue weighted by Gasteiger charge is -2.11. The SMILES string of the molecule is CCc1nc2cc(C)ccn2c1C(=O)Nc1ccc(OC)c(OC)c1. The molecule has 2 aromatic heterocycles. The number of rotatable bonds is 5. The van der Waals surface area contributed by atoms with Crippen LogP contribution in [0.2, 0.25) is 0 Å². The fourth-order valence-electron chi connectivity index (χ4n) is 2.79. The van der Waals surface area contributed by atoms with Gasteiger partial charge in [-0.1, -0.05) is 6.92 Å². The third kappa shape index (κ3) is 3.15. The molecule has 1 aromatic carbocycles. The average molecular weight is 339 g/mol. The number of aryl methyl sites for hydroxylation is 2. The highest BCUT2D eigenvalue weighted by molar-refractivity contribution is 6.04. The van der Waals surface area contributed by atoms with Crippen LogP contribution in [0, 0.1) is 6.92 Å². The molecule has 0 unspecified atom stereocenters. The van der Waals surface area contributed by atoms with Crippen molar-refractivity contribution in [3.05, 3.63) is 53.5 Å². The Balaban J connectivity index is 1.97. The molecule has 0 fully saturated rings. The summed E-state index contributed by atoms with van der Waals surface area (Å²) in [5, 5.41) is 2.92. The van der Waals surface area contributed by atoms with Crippen LogP contribution >= 0.6 is 0 Å². The molecule has 6 heteroatoms. The quantitative estimate of drug-likeness (QED) is 0.773. The predicted molar refractivity (Wildman–Crippen MR) is 96.8 cm³/mol. The van der Waals surface area contributed by atoms with Gasteiger partial charge in [-0.2, -0.15) is 0 Å². The highest BCUT2D eigenvalue weighted by Gasteiger charge is 2.19. The zero-order valence-corrected chi connectivity index (χ0v) is 14.8. The molecule has 6 nitrogen and oxygen atoms in total. The average Bonchev–Trinajstić information content (AvgIpc) is 2.99. The van der Waals surface area contributed by atoms with Gasteiger partial charge in [0.05, 0.1) is 19.9 Å². The van der Waals surface area contributed by atoms with Crippen molar-refractivity contribution < 1.29 is 14.3 Å². The van der Waals surface area contributed by atoms with Crippen molar-refractivity contribution in [3.63, 3.8) is 0 Å².